The molecule has 0 aliphatic carbocycles. The lowest BCUT2D eigenvalue weighted by molar-refractivity contribution is 0.406. The summed E-state index contributed by atoms with van der Waals surface area (Å²) in [6.45, 7) is 9.95. The van der Waals surface area contributed by atoms with Gasteiger partial charge in [0.05, 0.1) is 12.8 Å². The van der Waals surface area contributed by atoms with Gasteiger partial charge in [0.15, 0.2) is 0 Å². The Morgan fingerprint density at radius 2 is 2.05 bits per heavy atom. The van der Waals surface area contributed by atoms with Gasteiger partial charge in [-0.3, -0.25) is 4.98 Å². The van der Waals surface area contributed by atoms with Crippen LogP contribution in [0.1, 0.15) is 37.1 Å². The summed E-state index contributed by atoms with van der Waals surface area (Å²) in [5, 5.41) is 3.54. The van der Waals surface area contributed by atoms with E-state index in [1.165, 1.54) is 0 Å². The zero-order valence-corrected chi connectivity index (χ0v) is 13.3. The first-order chi connectivity index (χ1) is 8.95. The van der Waals surface area contributed by atoms with E-state index in [9.17, 15) is 0 Å². The Balaban J connectivity index is 2.54. The van der Waals surface area contributed by atoms with Crippen LogP contribution >= 0.6 is 11.6 Å². The van der Waals surface area contributed by atoms with E-state index >= 15 is 0 Å². The van der Waals surface area contributed by atoms with Crippen molar-refractivity contribution in [3.63, 3.8) is 0 Å². The Morgan fingerprint density at radius 1 is 1.37 bits per heavy atom. The molecule has 1 heterocycles. The van der Waals surface area contributed by atoms with E-state index in [2.05, 4.69) is 24.1 Å². The van der Waals surface area contributed by atoms with Gasteiger partial charge < -0.3 is 10.1 Å². The van der Waals surface area contributed by atoms with Crippen LogP contribution in [-0.4, -0.2) is 24.0 Å². The molecule has 1 aromatic heterocycles. The van der Waals surface area contributed by atoms with Gasteiger partial charge in [0, 0.05) is 35.8 Å². The monoisotopic (exact) mass is 284 g/mol. The number of ether oxygens (including phenoxy) is 1. The van der Waals surface area contributed by atoms with Gasteiger partial charge in [0.25, 0.3) is 0 Å². The van der Waals surface area contributed by atoms with Gasteiger partial charge in [-0.1, -0.05) is 13.8 Å². The molecule has 0 saturated carbocycles. The molecule has 0 aliphatic rings. The van der Waals surface area contributed by atoms with E-state index in [4.69, 9.17) is 16.3 Å². The minimum atomic E-state index is 0.174. The van der Waals surface area contributed by atoms with Crippen LogP contribution in [-0.2, 0) is 6.54 Å². The van der Waals surface area contributed by atoms with Crippen LogP contribution in [0.3, 0.4) is 0 Å². The second-order valence-electron chi connectivity index (χ2n) is 5.40. The van der Waals surface area contributed by atoms with Gasteiger partial charge in [-0.05, 0) is 26.2 Å². The molecule has 0 amide bonds. The summed E-state index contributed by atoms with van der Waals surface area (Å²) in [4.78, 5) is 4.46. The SMILES string of the molecule is COc1c(C)cnc(CNCC(Cl)CC(C)C)c1C. The van der Waals surface area contributed by atoms with E-state index in [0.29, 0.717) is 5.92 Å². The van der Waals surface area contributed by atoms with Gasteiger partial charge in [-0.2, -0.15) is 0 Å². The maximum absolute atomic E-state index is 6.26. The lowest BCUT2D eigenvalue weighted by atomic mass is 10.1. The van der Waals surface area contributed by atoms with Crippen molar-refractivity contribution in [2.75, 3.05) is 13.7 Å². The number of nitrogens with one attached hydrogen (secondary N) is 1. The topological polar surface area (TPSA) is 34.1 Å². The van der Waals surface area contributed by atoms with Crippen molar-refractivity contribution in [3.8, 4) is 5.75 Å². The quantitative estimate of drug-likeness (QED) is 0.779. The molecule has 0 aliphatic heterocycles. The van der Waals surface area contributed by atoms with E-state index in [0.717, 1.165) is 42.1 Å². The van der Waals surface area contributed by atoms with Crippen LogP contribution in [0, 0.1) is 19.8 Å². The highest BCUT2D eigenvalue weighted by molar-refractivity contribution is 6.20. The number of methoxy groups -OCH3 is 1. The number of hydrogen-bond donors (Lipinski definition) is 1. The second kappa shape index (κ2) is 7.71. The normalized spacial score (nSPS) is 12.8. The molecular weight excluding hydrogens is 260 g/mol. The number of halogens is 1. The molecule has 3 nitrogen and oxygen atoms in total. The minimum absolute atomic E-state index is 0.174. The molecule has 0 fully saturated rings. The first-order valence-electron chi connectivity index (χ1n) is 6.79. The lowest BCUT2D eigenvalue weighted by Gasteiger charge is -2.15. The van der Waals surface area contributed by atoms with Crippen LogP contribution in [0.5, 0.6) is 5.75 Å². The third-order valence-electron chi connectivity index (χ3n) is 3.14. The maximum Gasteiger partial charge on any atom is 0.128 e. The molecule has 0 saturated heterocycles. The summed E-state index contributed by atoms with van der Waals surface area (Å²) in [6, 6.07) is 0. The molecule has 0 bridgehead atoms. The molecule has 1 unspecified atom stereocenters. The van der Waals surface area contributed by atoms with Gasteiger partial charge in [-0.15, -0.1) is 11.6 Å². The van der Waals surface area contributed by atoms with E-state index < -0.39 is 0 Å². The average Bonchev–Trinajstić information content (AvgIpc) is 2.32. The highest BCUT2D eigenvalue weighted by Crippen LogP contribution is 2.23. The summed E-state index contributed by atoms with van der Waals surface area (Å²) in [7, 11) is 1.70. The summed E-state index contributed by atoms with van der Waals surface area (Å²) in [5.74, 6) is 1.56. The molecule has 1 rings (SSSR count). The minimum Gasteiger partial charge on any atom is -0.496 e. The molecule has 1 N–H and O–H groups in total. The number of pyridine rings is 1. The predicted octanol–water partition coefficient (Wildman–Crippen LogP) is 3.45. The summed E-state index contributed by atoms with van der Waals surface area (Å²) in [6.07, 6.45) is 2.88. The summed E-state index contributed by atoms with van der Waals surface area (Å²) < 4.78 is 5.40. The largest absolute Gasteiger partial charge is 0.496 e. The number of nitrogens with zero attached hydrogens (tertiary/aromatic N) is 1. The fourth-order valence-corrected chi connectivity index (χ4v) is 2.66. The van der Waals surface area contributed by atoms with Crippen LogP contribution < -0.4 is 10.1 Å². The Kier molecular flexibility index (Phi) is 6.59. The second-order valence-corrected chi connectivity index (χ2v) is 6.02. The van der Waals surface area contributed by atoms with Crippen molar-refractivity contribution in [2.45, 2.75) is 46.0 Å². The van der Waals surface area contributed by atoms with Crippen LogP contribution in [0.2, 0.25) is 0 Å². The zero-order valence-electron chi connectivity index (χ0n) is 12.6. The fourth-order valence-electron chi connectivity index (χ4n) is 2.19. The van der Waals surface area contributed by atoms with E-state index in [1.54, 1.807) is 7.11 Å². The Hall–Kier alpha value is -0.800. The Labute approximate surface area is 121 Å². The number of aryl methyl sites for hydroxylation is 1. The molecule has 108 valence electrons. The summed E-state index contributed by atoms with van der Waals surface area (Å²) >= 11 is 6.26. The molecule has 1 aromatic rings. The van der Waals surface area contributed by atoms with Gasteiger partial charge >= 0.3 is 0 Å². The first kappa shape index (κ1) is 16.3. The highest BCUT2D eigenvalue weighted by Gasteiger charge is 2.10. The van der Waals surface area contributed by atoms with Crippen LogP contribution in [0.4, 0.5) is 0 Å². The highest BCUT2D eigenvalue weighted by atomic mass is 35.5. The maximum atomic E-state index is 6.26. The van der Waals surface area contributed by atoms with Gasteiger partial charge in [0.1, 0.15) is 5.75 Å². The Bertz CT molecular complexity index is 407. The van der Waals surface area contributed by atoms with Crippen LogP contribution in [0.15, 0.2) is 6.20 Å². The first-order valence-corrected chi connectivity index (χ1v) is 7.23. The van der Waals surface area contributed by atoms with Gasteiger partial charge in [0.2, 0.25) is 0 Å². The standard InChI is InChI=1S/C15H25ClN2O/c1-10(2)6-13(16)8-17-9-14-12(4)15(19-5)11(3)7-18-14/h7,10,13,17H,6,8-9H2,1-5H3. The van der Waals surface area contributed by atoms with Crippen molar-refractivity contribution in [3.05, 3.63) is 23.0 Å². The molecule has 0 spiro atoms. The average molecular weight is 285 g/mol. The zero-order chi connectivity index (χ0) is 14.4. The fraction of sp³-hybridized carbons (Fsp3) is 0.667. The summed E-state index contributed by atoms with van der Waals surface area (Å²) in [5.41, 5.74) is 3.19. The molecule has 4 heteroatoms. The third kappa shape index (κ3) is 5.00. The molecule has 0 aromatic carbocycles. The third-order valence-corrected chi connectivity index (χ3v) is 3.47. The molecule has 0 radical (unpaired) electrons. The van der Waals surface area contributed by atoms with Crippen molar-refractivity contribution in [2.24, 2.45) is 5.92 Å². The van der Waals surface area contributed by atoms with Crippen molar-refractivity contribution < 1.29 is 4.74 Å². The van der Waals surface area contributed by atoms with Crippen molar-refractivity contribution in [1.29, 1.82) is 0 Å². The molecular formula is C15H25ClN2O. The van der Waals surface area contributed by atoms with Crippen molar-refractivity contribution in [1.82, 2.24) is 10.3 Å². The smallest absolute Gasteiger partial charge is 0.128 e. The van der Waals surface area contributed by atoms with Crippen molar-refractivity contribution >= 4 is 11.6 Å². The molecule has 19 heavy (non-hydrogen) atoms. The van der Waals surface area contributed by atoms with Gasteiger partial charge in [-0.25, -0.2) is 0 Å². The lowest BCUT2D eigenvalue weighted by Crippen LogP contribution is -2.24. The number of rotatable bonds is 7. The number of hydrogen-bond acceptors (Lipinski definition) is 3. The Morgan fingerprint density at radius 3 is 2.63 bits per heavy atom. The molecule has 1 atom stereocenters. The predicted molar refractivity (Wildman–Crippen MR) is 81.1 cm³/mol. The number of alkyl halides is 1. The number of aromatic nitrogens is 1. The van der Waals surface area contributed by atoms with E-state index in [1.807, 2.05) is 20.0 Å². The van der Waals surface area contributed by atoms with E-state index in [-0.39, 0.29) is 5.38 Å². The van der Waals surface area contributed by atoms with Crippen LogP contribution in [0.25, 0.3) is 0 Å².